The lowest BCUT2D eigenvalue weighted by Crippen LogP contribution is -2.29. The first-order chi connectivity index (χ1) is 10.9. The minimum atomic E-state index is -2.79. The standard InChI is InChI=1S/C13H18F2N6O2/c1-8-6-10(19-21(8)13(14)15)12(22)17-9(2)11-18-16-7-20(11)4-5-23-3/h6-7,9,13H,4-5H2,1-3H3,(H,17,22). The zero-order valence-corrected chi connectivity index (χ0v) is 13.0. The van der Waals surface area contributed by atoms with Crippen molar-refractivity contribution in [3.8, 4) is 0 Å². The Morgan fingerprint density at radius 3 is 2.83 bits per heavy atom. The quantitative estimate of drug-likeness (QED) is 0.828. The first-order valence-electron chi connectivity index (χ1n) is 6.95. The van der Waals surface area contributed by atoms with Crippen molar-refractivity contribution in [2.45, 2.75) is 33.0 Å². The van der Waals surface area contributed by atoms with E-state index in [1.54, 1.807) is 18.6 Å². The molecule has 0 saturated carbocycles. The molecule has 0 aliphatic rings. The second-order valence-electron chi connectivity index (χ2n) is 4.96. The van der Waals surface area contributed by atoms with Crippen molar-refractivity contribution in [2.24, 2.45) is 0 Å². The minimum absolute atomic E-state index is 0.0717. The zero-order chi connectivity index (χ0) is 17.0. The van der Waals surface area contributed by atoms with E-state index in [-0.39, 0.29) is 11.4 Å². The first kappa shape index (κ1) is 17.0. The maximum absolute atomic E-state index is 12.7. The topological polar surface area (TPSA) is 86.9 Å². The number of methoxy groups -OCH3 is 1. The number of hydrogen-bond donors (Lipinski definition) is 1. The smallest absolute Gasteiger partial charge is 0.333 e. The molecule has 0 aliphatic heterocycles. The van der Waals surface area contributed by atoms with Crippen LogP contribution in [-0.2, 0) is 11.3 Å². The van der Waals surface area contributed by atoms with E-state index in [0.717, 1.165) is 0 Å². The molecule has 2 rings (SSSR count). The van der Waals surface area contributed by atoms with Crippen molar-refractivity contribution in [3.63, 3.8) is 0 Å². The van der Waals surface area contributed by atoms with Crippen LogP contribution >= 0.6 is 0 Å². The molecule has 0 fully saturated rings. The molecule has 2 heterocycles. The molecule has 10 heteroatoms. The van der Waals surface area contributed by atoms with Crippen LogP contribution in [0.1, 0.15) is 41.5 Å². The molecule has 8 nitrogen and oxygen atoms in total. The molecule has 0 saturated heterocycles. The maximum Gasteiger partial charge on any atom is 0.333 e. The molecular formula is C13H18F2N6O2. The lowest BCUT2D eigenvalue weighted by Gasteiger charge is -2.13. The van der Waals surface area contributed by atoms with Crippen LogP contribution in [0.4, 0.5) is 8.78 Å². The average Bonchev–Trinajstić information content (AvgIpc) is 3.11. The van der Waals surface area contributed by atoms with Gasteiger partial charge in [0, 0.05) is 19.3 Å². The highest BCUT2D eigenvalue weighted by atomic mass is 19.3. The summed E-state index contributed by atoms with van der Waals surface area (Å²) in [6.07, 6.45) is 1.53. The molecule has 0 spiro atoms. The maximum atomic E-state index is 12.7. The predicted octanol–water partition coefficient (Wildman–Crippen LogP) is 1.32. The summed E-state index contributed by atoms with van der Waals surface area (Å²) in [6, 6.07) is 0.850. The van der Waals surface area contributed by atoms with E-state index in [9.17, 15) is 13.6 Å². The Balaban J connectivity index is 2.08. The second-order valence-corrected chi connectivity index (χ2v) is 4.96. The van der Waals surface area contributed by atoms with Crippen LogP contribution in [0.2, 0.25) is 0 Å². The predicted molar refractivity (Wildman–Crippen MR) is 76.0 cm³/mol. The van der Waals surface area contributed by atoms with E-state index >= 15 is 0 Å². The van der Waals surface area contributed by atoms with Gasteiger partial charge in [0.2, 0.25) is 0 Å². The Morgan fingerprint density at radius 2 is 2.22 bits per heavy atom. The Morgan fingerprint density at radius 1 is 1.48 bits per heavy atom. The van der Waals surface area contributed by atoms with E-state index in [1.807, 2.05) is 0 Å². The molecule has 1 unspecified atom stereocenters. The van der Waals surface area contributed by atoms with Gasteiger partial charge in [-0.25, -0.2) is 4.68 Å². The van der Waals surface area contributed by atoms with Gasteiger partial charge in [-0.1, -0.05) is 0 Å². The van der Waals surface area contributed by atoms with E-state index in [2.05, 4.69) is 20.6 Å². The van der Waals surface area contributed by atoms with Crippen molar-refractivity contribution in [1.82, 2.24) is 29.9 Å². The summed E-state index contributed by atoms with van der Waals surface area (Å²) in [6.45, 7) is 1.41. The molecule has 0 radical (unpaired) electrons. The zero-order valence-electron chi connectivity index (χ0n) is 13.0. The van der Waals surface area contributed by atoms with E-state index in [0.29, 0.717) is 23.7 Å². The van der Waals surface area contributed by atoms with Crippen LogP contribution in [0, 0.1) is 6.92 Å². The van der Waals surface area contributed by atoms with Crippen LogP contribution in [0.3, 0.4) is 0 Å². The summed E-state index contributed by atoms with van der Waals surface area (Å²) in [5.41, 5.74) is 0.138. The molecular weight excluding hydrogens is 310 g/mol. The van der Waals surface area contributed by atoms with Crippen LogP contribution in [0.15, 0.2) is 12.4 Å². The van der Waals surface area contributed by atoms with Gasteiger partial charge < -0.3 is 14.6 Å². The first-order valence-corrected chi connectivity index (χ1v) is 6.95. The number of aryl methyl sites for hydroxylation is 1. The SMILES string of the molecule is COCCn1cnnc1C(C)NC(=O)c1cc(C)n(C(F)F)n1. The Kier molecular flexibility index (Phi) is 5.37. The Labute approximate surface area is 131 Å². The van der Waals surface area contributed by atoms with Gasteiger partial charge in [-0.2, -0.15) is 13.9 Å². The van der Waals surface area contributed by atoms with Gasteiger partial charge in [-0.15, -0.1) is 10.2 Å². The third-order valence-corrected chi connectivity index (χ3v) is 3.26. The summed E-state index contributed by atoms with van der Waals surface area (Å²) in [5, 5.41) is 14.0. The number of nitrogens with zero attached hydrogens (tertiary/aromatic N) is 5. The van der Waals surface area contributed by atoms with Crippen LogP contribution in [0.25, 0.3) is 0 Å². The molecule has 23 heavy (non-hydrogen) atoms. The summed E-state index contributed by atoms with van der Waals surface area (Å²) in [4.78, 5) is 12.1. The molecule has 0 aromatic carbocycles. The van der Waals surface area contributed by atoms with Gasteiger partial charge in [0.25, 0.3) is 5.91 Å². The Bertz CT molecular complexity index is 669. The number of carbonyl (C=O) groups is 1. The van der Waals surface area contributed by atoms with Gasteiger partial charge in [0.15, 0.2) is 11.5 Å². The lowest BCUT2D eigenvalue weighted by atomic mass is 10.3. The number of carbonyl (C=O) groups excluding carboxylic acids is 1. The molecule has 0 aliphatic carbocycles. The fourth-order valence-corrected chi connectivity index (χ4v) is 2.09. The molecule has 2 aromatic heterocycles. The molecule has 126 valence electrons. The number of ether oxygens (including phenoxy) is 1. The second kappa shape index (κ2) is 7.27. The van der Waals surface area contributed by atoms with Crippen LogP contribution in [0.5, 0.6) is 0 Å². The fraction of sp³-hybridized carbons (Fsp3) is 0.538. The number of amides is 1. The number of rotatable bonds is 7. The normalized spacial score (nSPS) is 12.6. The highest BCUT2D eigenvalue weighted by molar-refractivity contribution is 5.92. The number of hydrogen-bond acceptors (Lipinski definition) is 5. The number of alkyl halides is 2. The van der Waals surface area contributed by atoms with Crippen LogP contribution < -0.4 is 5.32 Å². The highest BCUT2D eigenvalue weighted by Crippen LogP contribution is 2.15. The van der Waals surface area contributed by atoms with E-state index < -0.39 is 18.5 Å². The molecule has 2 aromatic rings. The van der Waals surface area contributed by atoms with Gasteiger partial charge in [0.05, 0.1) is 12.6 Å². The summed E-state index contributed by atoms with van der Waals surface area (Å²) in [5.74, 6) is -0.0123. The van der Waals surface area contributed by atoms with Gasteiger partial charge in [0.1, 0.15) is 6.33 Å². The van der Waals surface area contributed by atoms with Crippen LogP contribution in [-0.4, -0.2) is 44.2 Å². The largest absolute Gasteiger partial charge is 0.383 e. The Hall–Kier alpha value is -2.36. The average molecular weight is 328 g/mol. The molecule has 1 amide bonds. The number of aromatic nitrogens is 5. The lowest BCUT2D eigenvalue weighted by molar-refractivity contribution is 0.0538. The monoisotopic (exact) mass is 328 g/mol. The third-order valence-electron chi connectivity index (χ3n) is 3.26. The van der Waals surface area contributed by atoms with Crippen molar-refractivity contribution in [3.05, 3.63) is 29.6 Å². The van der Waals surface area contributed by atoms with Crippen molar-refractivity contribution in [2.75, 3.05) is 13.7 Å². The third kappa shape index (κ3) is 3.89. The van der Waals surface area contributed by atoms with Crippen molar-refractivity contribution in [1.29, 1.82) is 0 Å². The van der Waals surface area contributed by atoms with Gasteiger partial charge >= 0.3 is 6.55 Å². The van der Waals surface area contributed by atoms with Gasteiger partial charge in [-0.3, -0.25) is 4.79 Å². The molecule has 0 bridgehead atoms. The van der Waals surface area contributed by atoms with Crippen molar-refractivity contribution < 1.29 is 18.3 Å². The van der Waals surface area contributed by atoms with Crippen molar-refractivity contribution >= 4 is 5.91 Å². The number of halogens is 2. The highest BCUT2D eigenvalue weighted by Gasteiger charge is 2.20. The summed E-state index contributed by atoms with van der Waals surface area (Å²) < 4.78 is 32.6. The molecule has 1 N–H and O–H groups in total. The minimum Gasteiger partial charge on any atom is -0.383 e. The van der Waals surface area contributed by atoms with E-state index in [1.165, 1.54) is 19.3 Å². The summed E-state index contributed by atoms with van der Waals surface area (Å²) >= 11 is 0. The van der Waals surface area contributed by atoms with Gasteiger partial charge in [-0.05, 0) is 19.9 Å². The fourth-order valence-electron chi connectivity index (χ4n) is 2.09. The number of nitrogens with one attached hydrogen (secondary N) is 1. The summed E-state index contributed by atoms with van der Waals surface area (Å²) in [7, 11) is 1.58. The van der Waals surface area contributed by atoms with E-state index in [4.69, 9.17) is 4.74 Å². The molecule has 1 atom stereocenters.